The molecule has 0 unspecified atom stereocenters. The van der Waals surface area contributed by atoms with Crippen molar-refractivity contribution in [3.63, 3.8) is 0 Å². The second-order valence-corrected chi connectivity index (χ2v) is 8.14. The van der Waals surface area contributed by atoms with Crippen LogP contribution in [0.15, 0.2) is 50.8 Å². The van der Waals surface area contributed by atoms with E-state index < -0.39 is 17.5 Å². The largest absolute Gasteiger partial charge is 0.475 e. The quantitative estimate of drug-likeness (QED) is 0.191. The van der Waals surface area contributed by atoms with Gasteiger partial charge in [0.2, 0.25) is 0 Å². The summed E-state index contributed by atoms with van der Waals surface area (Å²) in [7, 11) is 0. The molecule has 0 bridgehead atoms. The van der Waals surface area contributed by atoms with Gasteiger partial charge in [0.15, 0.2) is 12.4 Å². The minimum Gasteiger partial charge on any atom is -0.475 e. The van der Waals surface area contributed by atoms with Gasteiger partial charge in [-0.15, -0.1) is 0 Å². The van der Waals surface area contributed by atoms with Crippen LogP contribution in [0.1, 0.15) is 38.1 Å². The van der Waals surface area contributed by atoms with Crippen LogP contribution in [-0.2, 0) is 9.53 Å². The van der Waals surface area contributed by atoms with Gasteiger partial charge in [-0.3, -0.25) is 14.9 Å². The lowest BCUT2D eigenvalue weighted by atomic mass is 10.2. The fourth-order valence-corrected chi connectivity index (χ4v) is 3.36. The predicted octanol–water partition coefficient (Wildman–Crippen LogP) is 4.01. The predicted molar refractivity (Wildman–Crippen MR) is 126 cm³/mol. The van der Waals surface area contributed by atoms with Gasteiger partial charge in [0.25, 0.3) is 5.56 Å². The third-order valence-corrected chi connectivity index (χ3v) is 5.00. The molecule has 0 spiro atoms. The molecule has 3 rings (SSSR count). The van der Waals surface area contributed by atoms with E-state index >= 15 is 0 Å². The molecular formula is C22H21BrN4O6. The topological polar surface area (TPSA) is 126 Å². The zero-order valence-corrected chi connectivity index (χ0v) is 19.7. The van der Waals surface area contributed by atoms with Crippen LogP contribution in [0.5, 0.6) is 5.75 Å². The van der Waals surface area contributed by atoms with Gasteiger partial charge in [-0.1, -0.05) is 29.8 Å². The van der Waals surface area contributed by atoms with Crippen LogP contribution in [0.2, 0.25) is 0 Å². The lowest BCUT2D eigenvalue weighted by molar-refractivity contribution is -0.385. The van der Waals surface area contributed by atoms with Gasteiger partial charge < -0.3 is 9.47 Å². The third kappa shape index (κ3) is 5.61. The fourth-order valence-electron chi connectivity index (χ4n) is 2.99. The maximum Gasteiger partial charge on any atom is 0.344 e. The van der Waals surface area contributed by atoms with Crippen molar-refractivity contribution in [2.75, 3.05) is 13.2 Å². The van der Waals surface area contributed by atoms with E-state index in [-0.39, 0.29) is 29.5 Å². The van der Waals surface area contributed by atoms with E-state index in [1.54, 1.807) is 25.1 Å². The van der Waals surface area contributed by atoms with Crippen molar-refractivity contribution in [3.8, 4) is 5.75 Å². The summed E-state index contributed by atoms with van der Waals surface area (Å²) in [5, 5.41) is 16.1. The molecule has 0 saturated carbocycles. The van der Waals surface area contributed by atoms with Crippen LogP contribution < -0.4 is 10.3 Å². The van der Waals surface area contributed by atoms with Crippen molar-refractivity contribution in [3.05, 3.63) is 72.7 Å². The van der Waals surface area contributed by atoms with Crippen molar-refractivity contribution >= 4 is 44.7 Å². The molecule has 3 aromatic rings. The molecule has 1 heterocycles. The maximum absolute atomic E-state index is 13.1. The van der Waals surface area contributed by atoms with Gasteiger partial charge in [0, 0.05) is 22.0 Å². The summed E-state index contributed by atoms with van der Waals surface area (Å²) >= 11 is 3.35. The number of fused-ring (bicyclic) bond motifs is 1. The molecule has 0 atom stereocenters. The summed E-state index contributed by atoms with van der Waals surface area (Å²) in [6.07, 6.45) is 1.33. The zero-order valence-electron chi connectivity index (χ0n) is 18.1. The Kier molecular flexibility index (Phi) is 7.54. The number of rotatable bonds is 8. The third-order valence-electron chi connectivity index (χ3n) is 4.50. The molecular weight excluding hydrogens is 496 g/mol. The molecule has 10 nitrogen and oxygen atoms in total. The average molecular weight is 517 g/mol. The van der Waals surface area contributed by atoms with E-state index in [1.807, 2.05) is 13.8 Å². The lowest BCUT2D eigenvalue weighted by Gasteiger charge is -2.12. The summed E-state index contributed by atoms with van der Waals surface area (Å²) < 4.78 is 11.9. The zero-order chi connectivity index (χ0) is 24.1. The van der Waals surface area contributed by atoms with Crippen LogP contribution in [-0.4, -0.2) is 40.0 Å². The van der Waals surface area contributed by atoms with Crippen LogP contribution >= 0.6 is 15.9 Å². The highest BCUT2D eigenvalue weighted by Gasteiger charge is 2.18. The summed E-state index contributed by atoms with van der Waals surface area (Å²) in [5.74, 6) is -0.359. The summed E-state index contributed by atoms with van der Waals surface area (Å²) in [4.78, 5) is 40.0. The van der Waals surface area contributed by atoms with Gasteiger partial charge in [0.05, 0.1) is 28.6 Å². The lowest BCUT2D eigenvalue weighted by Crippen LogP contribution is -2.23. The smallest absolute Gasteiger partial charge is 0.344 e. The van der Waals surface area contributed by atoms with Crippen LogP contribution in [0.4, 0.5) is 5.69 Å². The van der Waals surface area contributed by atoms with Gasteiger partial charge in [-0.25, -0.2) is 9.78 Å². The molecule has 172 valence electrons. The molecule has 0 aliphatic heterocycles. The summed E-state index contributed by atoms with van der Waals surface area (Å²) in [6, 6.07) is 9.36. The number of nitro benzene ring substituents is 1. The maximum atomic E-state index is 13.1. The fraction of sp³-hybridized carbons (Fsp3) is 0.273. The number of nitrogens with zero attached hydrogens (tertiary/aromatic N) is 4. The number of carbonyl (C=O) groups is 1. The van der Waals surface area contributed by atoms with Crippen LogP contribution in [0.25, 0.3) is 10.9 Å². The first-order valence-electron chi connectivity index (χ1n) is 10.0. The highest BCUT2D eigenvalue weighted by molar-refractivity contribution is 9.10. The van der Waals surface area contributed by atoms with Crippen molar-refractivity contribution in [2.45, 2.75) is 26.7 Å². The number of hydrogen-bond acceptors (Lipinski definition) is 8. The van der Waals surface area contributed by atoms with E-state index in [1.165, 1.54) is 29.1 Å². The summed E-state index contributed by atoms with van der Waals surface area (Å²) in [6.45, 7) is 5.15. The van der Waals surface area contributed by atoms with E-state index in [0.29, 0.717) is 22.3 Å². The van der Waals surface area contributed by atoms with E-state index in [0.717, 1.165) is 4.47 Å². The molecule has 1 aromatic heterocycles. The SMILES string of the molecule is CCOC(=O)COc1ccc(C=Nn2c(C(C)C)nc3ccc(Br)cc3c2=O)cc1[N+](=O)[O-]. The number of ether oxygens (including phenoxy) is 2. The second-order valence-electron chi connectivity index (χ2n) is 7.23. The number of nitro groups is 1. The van der Waals surface area contributed by atoms with E-state index in [9.17, 15) is 19.7 Å². The van der Waals surface area contributed by atoms with Crippen LogP contribution in [0.3, 0.4) is 0 Å². The Morgan fingerprint density at radius 2 is 2.06 bits per heavy atom. The number of aromatic nitrogens is 2. The second kappa shape index (κ2) is 10.3. The van der Waals surface area contributed by atoms with Crippen molar-refractivity contribution in [1.29, 1.82) is 0 Å². The van der Waals surface area contributed by atoms with Crippen LogP contribution in [0, 0.1) is 10.1 Å². The minimum atomic E-state index is -0.631. The monoisotopic (exact) mass is 516 g/mol. The number of esters is 1. The number of halogens is 1. The Hall–Kier alpha value is -3.60. The molecule has 0 fully saturated rings. The van der Waals surface area contributed by atoms with Gasteiger partial charge in [-0.2, -0.15) is 9.78 Å². The van der Waals surface area contributed by atoms with Gasteiger partial charge in [0.1, 0.15) is 5.82 Å². The van der Waals surface area contributed by atoms with E-state index in [2.05, 4.69) is 26.0 Å². The molecule has 0 aliphatic carbocycles. The first kappa shape index (κ1) is 24.1. The molecule has 0 N–H and O–H groups in total. The van der Waals surface area contributed by atoms with Gasteiger partial charge >= 0.3 is 11.7 Å². The molecule has 0 amide bonds. The van der Waals surface area contributed by atoms with Crippen molar-refractivity contribution in [2.24, 2.45) is 5.10 Å². The Balaban J connectivity index is 1.99. The Bertz CT molecular complexity index is 1300. The Labute approximate surface area is 197 Å². The molecule has 2 aromatic carbocycles. The van der Waals surface area contributed by atoms with E-state index in [4.69, 9.17) is 9.47 Å². The molecule has 0 radical (unpaired) electrons. The van der Waals surface area contributed by atoms with Crippen molar-refractivity contribution in [1.82, 2.24) is 9.66 Å². The highest BCUT2D eigenvalue weighted by Crippen LogP contribution is 2.27. The molecule has 0 aliphatic rings. The first-order chi connectivity index (χ1) is 15.7. The normalized spacial score (nSPS) is 11.3. The average Bonchev–Trinajstić information content (AvgIpc) is 2.77. The standard InChI is InChI=1S/C22H21BrN4O6/c1-4-32-20(28)12-33-19-8-5-14(9-18(19)27(30)31)11-24-26-21(13(2)3)25-17-7-6-15(23)10-16(17)22(26)29/h5-11,13H,4,12H2,1-3H3. The van der Waals surface area contributed by atoms with Crippen molar-refractivity contribution < 1.29 is 19.2 Å². The molecule has 11 heteroatoms. The number of carbonyl (C=O) groups excluding carboxylic acids is 1. The number of hydrogen-bond donors (Lipinski definition) is 0. The molecule has 0 saturated heterocycles. The van der Waals surface area contributed by atoms with Gasteiger partial charge in [-0.05, 0) is 37.3 Å². The first-order valence-corrected chi connectivity index (χ1v) is 10.8. The molecule has 33 heavy (non-hydrogen) atoms. The number of benzene rings is 2. The Morgan fingerprint density at radius 3 is 2.73 bits per heavy atom. The summed E-state index contributed by atoms with van der Waals surface area (Å²) in [5.41, 5.74) is 0.212. The Morgan fingerprint density at radius 1 is 1.30 bits per heavy atom. The highest BCUT2D eigenvalue weighted by atomic mass is 79.9. The minimum absolute atomic E-state index is 0.0811.